The van der Waals surface area contributed by atoms with Crippen LogP contribution in [0.5, 0.6) is 11.5 Å². The predicted molar refractivity (Wildman–Crippen MR) is 81.4 cm³/mol. The summed E-state index contributed by atoms with van der Waals surface area (Å²) in [5, 5.41) is 1.98. The van der Waals surface area contributed by atoms with Crippen molar-refractivity contribution >= 4 is 11.3 Å². The maximum absolute atomic E-state index is 6.05. The molecule has 1 heterocycles. The average molecular weight is 292 g/mol. The van der Waals surface area contributed by atoms with Gasteiger partial charge in [0.1, 0.15) is 6.61 Å². The molecular formula is C15H20N2O2S. The minimum absolute atomic E-state index is 0.128. The van der Waals surface area contributed by atoms with E-state index in [9.17, 15) is 0 Å². The fourth-order valence-electron chi connectivity index (χ4n) is 1.93. The van der Waals surface area contributed by atoms with Crippen molar-refractivity contribution in [2.24, 2.45) is 5.73 Å². The van der Waals surface area contributed by atoms with Gasteiger partial charge in [-0.1, -0.05) is 19.1 Å². The van der Waals surface area contributed by atoms with Gasteiger partial charge >= 0.3 is 0 Å². The number of rotatable bonds is 7. The summed E-state index contributed by atoms with van der Waals surface area (Å²) in [5.41, 5.74) is 9.85. The summed E-state index contributed by atoms with van der Waals surface area (Å²) in [6, 6.07) is 6.03. The fraction of sp³-hybridized carbons (Fsp3) is 0.400. The highest BCUT2D eigenvalue weighted by atomic mass is 32.1. The highest BCUT2D eigenvalue weighted by Crippen LogP contribution is 2.32. The molecule has 1 aromatic heterocycles. The minimum atomic E-state index is 0.128. The molecule has 4 nitrogen and oxygen atoms in total. The number of nitrogens with zero attached hydrogens (tertiary/aromatic N) is 1. The van der Waals surface area contributed by atoms with Gasteiger partial charge in [-0.3, -0.25) is 0 Å². The summed E-state index contributed by atoms with van der Waals surface area (Å²) >= 11 is 1.56. The number of para-hydroxylation sites is 1. The van der Waals surface area contributed by atoms with Crippen LogP contribution in [0.25, 0.3) is 0 Å². The van der Waals surface area contributed by atoms with Crippen LogP contribution in [0, 0.1) is 0 Å². The van der Waals surface area contributed by atoms with E-state index in [1.807, 2.05) is 23.6 Å². The van der Waals surface area contributed by atoms with E-state index < -0.39 is 0 Å². The van der Waals surface area contributed by atoms with E-state index in [0.29, 0.717) is 6.61 Å². The van der Waals surface area contributed by atoms with Crippen molar-refractivity contribution in [2.75, 3.05) is 7.11 Å². The molecule has 0 fully saturated rings. The minimum Gasteiger partial charge on any atom is -0.493 e. The molecule has 0 spiro atoms. The van der Waals surface area contributed by atoms with Gasteiger partial charge in [0.05, 0.1) is 18.3 Å². The van der Waals surface area contributed by atoms with Gasteiger partial charge in [-0.05, 0) is 24.5 Å². The number of thiazole rings is 1. The molecule has 1 atom stereocenters. The number of ether oxygens (including phenoxy) is 2. The molecule has 108 valence electrons. The Labute approximate surface area is 123 Å². The van der Waals surface area contributed by atoms with Gasteiger partial charge in [0, 0.05) is 11.4 Å². The first kappa shape index (κ1) is 14.8. The zero-order valence-electron chi connectivity index (χ0n) is 11.8. The average Bonchev–Trinajstić information content (AvgIpc) is 2.98. The van der Waals surface area contributed by atoms with Gasteiger partial charge in [-0.25, -0.2) is 4.98 Å². The Morgan fingerprint density at radius 2 is 2.25 bits per heavy atom. The Morgan fingerprint density at radius 1 is 1.40 bits per heavy atom. The smallest absolute Gasteiger partial charge is 0.164 e. The molecule has 2 N–H and O–H groups in total. The van der Waals surface area contributed by atoms with Crippen LogP contribution in [-0.2, 0) is 13.0 Å². The van der Waals surface area contributed by atoms with Gasteiger partial charge in [-0.2, -0.15) is 0 Å². The predicted octanol–water partition coefficient (Wildman–Crippen LogP) is 3.01. The summed E-state index contributed by atoms with van der Waals surface area (Å²) in [6.45, 7) is 2.53. The Hall–Kier alpha value is -1.59. The standard InChI is InChI=1S/C15H20N2O2S/c1-3-12(16)7-11-5-4-6-14(18-2)15(11)19-8-13-9-20-10-17-13/h4-6,9-10,12H,3,7-8,16H2,1-2H3. The highest BCUT2D eigenvalue weighted by Gasteiger charge is 2.13. The molecule has 0 radical (unpaired) electrons. The molecule has 1 unspecified atom stereocenters. The van der Waals surface area contributed by atoms with E-state index in [1.54, 1.807) is 24.0 Å². The van der Waals surface area contributed by atoms with E-state index in [1.165, 1.54) is 0 Å². The third-order valence-electron chi connectivity index (χ3n) is 3.13. The van der Waals surface area contributed by atoms with Gasteiger partial charge in [-0.15, -0.1) is 11.3 Å². The number of benzene rings is 1. The van der Waals surface area contributed by atoms with Crippen LogP contribution in [0.1, 0.15) is 24.6 Å². The van der Waals surface area contributed by atoms with Gasteiger partial charge in [0.2, 0.25) is 0 Å². The van der Waals surface area contributed by atoms with Crippen molar-refractivity contribution in [3.8, 4) is 11.5 Å². The van der Waals surface area contributed by atoms with E-state index in [2.05, 4.69) is 11.9 Å². The fourth-order valence-corrected chi connectivity index (χ4v) is 2.47. The summed E-state index contributed by atoms with van der Waals surface area (Å²) in [6.07, 6.45) is 1.71. The van der Waals surface area contributed by atoms with Crippen molar-refractivity contribution in [1.82, 2.24) is 4.98 Å². The second kappa shape index (κ2) is 7.26. The van der Waals surface area contributed by atoms with Crippen molar-refractivity contribution in [3.05, 3.63) is 40.3 Å². The van der Waals surface area contributed by atoms with Crippen LogP contribution in [0.4, 0.5) is 0 Å². The lowest BCUT2D eigenvalue weighted by molar-refractivity contribution is 0.277. The molecule has 0 saturated carbocycles. The Kier molecular flexibility index (Phi) is 5.38. The first-order valence-electron chi connectivity index (χ1n) is 6.66. The lowest BCUT2D eigenvalue weighted by atomic mass is 10.0. The summed E-state index contributed by atoms with van der Waals surface area (Å²) in [7, 11) is 1.65. The Bertz CT molecular complexity index is 529. The van der Waals surface area contributed by atoms with Crippen LogP contribution in [-0.4, -0.2) is 18.1 Å². The maximum Gasteiger partial charge on any atom is 0.164 e. The first-order valence-corrected chi connectivity index (χ1v) is 7.60. The van der Waals surface area contributed by atoms with E-state index in [4.69, 9.17) is 15.2 Å². The SMILES string of the molecule is CCC(N)Cc1cccc(OC)c1OCc1cscn1. The van der Waals surface area contributed by atoms with Gasteiger partial charge in [0.15, 0.2) is 11.5 Å². The Balaban J connectivity index is 2.18. The molecule has 0 bridgehead atoms. The highest BCUT2D eigenvalue weighted by molar-refractivity contribution is 7.07. The van der Waals surface area contributed by atoms with E-state index in [-0.39, 0.29) is 6.04 Å². The molecule has 0 aliphatic heterocycles. The third-order valence-corrected chi connectivity index (χ3v) is 3.77. The number of hydrogen-bond acceptors (Lipinski definition) is 5. The maximum atomic E-state index is 6.05. The summed E-state index contributed by atoms with van der Waals surface area (Å²) < 4.78 is 11.3. The van der Waals surface area contributed by atoms with Gasteiger partial charge in [0.25, 0.3) is 0 Å². The first-order chi connectivity index (χ1) is 9.74. The van der Waals surface area contributed by atoms with Crippen LogP contribution < -0.4 is 15.2 Å². The zero-order chi connectivity index (χ0) is 14.4. The molecule has 5 heteroatoms. The molecule has 2 aromatic rings. The molecule has 0 amide bonds. The lowest BCUT2D eigenvalue weighted by Crippen LogP contribution is -2.21. The van der Waals surface area contributed by atoms with Crippen LogP contribution >= 0.6 is 11.3 Å². The normalized spacial score (nSPS) is 12.2. The topological polar surface area (TPSA) is 57.4 Å². The lowest BCUT2D eigenvalue weighted by Gasteiger charge is -2.16. The van der Waals surface area contributed by atoms with Crippen LogP contribution in [0.15, 0.2) is 29.1 Å². The summed E-state index contributed by atoms with van der Waals surface area (Å²) in [5.74, 6) is 1.51. The third kappa shape index (κ3) is 3.71. The van der Waals surface area contributed by atoms with Crippen molar-refractivity contribution in [3.63, 3.8) is 0 Å². The quantitative estimate of drug-likeness (QED) is 0.852. The molecule has 2 rings (SSSR count). The Morgan fingerprint density at radius 3 is 2.90 bits per heavy atom. The second-order valence-corrected chi connectivity index (χ2v) is 5.31. The number of aromatic nitrogens is 1. The van der Waals surface area contributed by atoms with Crippen molar-refractivity contribution in [1.29, 1.82) is 0 Å². The zero-order valence-corrected chi connectivity index (χ0v) is 12.7. The molecule has 20 heavy (non-hydrogen) atoms. The largest absolute Gasteiger partial charge is 0.493 e. The van der Waals surface area contributed by atoms with Crippen molar-refractivity contribution in [2.45, 2.75) is 32.4 Å². The molecule has 0 aliphatic carbocycles. The summed E-state index contributed by atoms with van der Waals surface area (Å²) in [4.78, 5) is 4.22. The van der Waals surface area contributed by atoms with E-state index >= 15 is 0 Å². The monoisotopic (exact) mass is 292 g/mol. The van der Waals surface area contributed by atoms with Crippen LogP contribution in [0.3, 0.4) is 0 Å². The van der Waals surface area contributed by atoms with Gasteiger partial charge < -0.3 is 15.2 Å². The molecular weight excluding hydrogens is 272 g/mol. The van der Waals surface area contributed by atoms with Crippen molar-refractivity contribution < 1.29 is 9.47 Å². The van der Waals surface area contributed by atoms with Crippen LogP contribution in [0.2, 0.25) is 0 Å². The second-order valence-electron chi connectivity index (χ2n) is 4.59. The molecule has 0 saturated heterocycles. The molecule has 1 aromatic carbocycles. The molecule has 0 aliphatic rings. The van der Waals surface area contributed by atoms with E-state index in [0.717, 1.165) is 35.6 Å². The number of methoxy groups -OCH3 is 1. The number of hydrogen-bond donors (Lipinski definition) is 1. The number of nitrogens with two attached hydrogens (primary N) is 1.